The molecule has 1 rings (SSSR count). The second kappa shape index (κ2) is 5.72. The summed E-state index contributed by atoms with van der Waals surface area (Å²) in [5.41, 5.74) is 0. The molecule has 1 fully saturated rings. The Balaban J connectivity index is 2.39. The number of esters is 1. The van der Waals surface area contributed by atoms with Gasteiger partial charge in [0.25, 0.3) is 0 Å². The van der Waals surface area contributed by atoms with Crippen LogP contribution in [0.2, 0.25) is 0 Å². The highest BCUT2D eigenvalue weighted by atomic mass is 16.5. The van der Waals surface area contributed by atoms with Gasteiger partial charge in [-0.15, -0.1) is 0 Å². The third-order valence-electron chi connectivity index (χ3n) is 2.99. The fourth-order valence-electron chi connectivity index (χ4n) is 2.19. The first-order valence-electron chi connectivity index (χ1n) is 5.69. The maximum absolute atomic E-state index is 11.3. The summed E-state index contributed by atoms with van der Waals surface area (Å²) < 4.78 is 4.89. The van der Waals surface area contributed by atoms with Crippen LogP contribution in [0.1, 0.15) is 33.1 Å². The number of piperidine rings is 1. The number of rotatable bonds is 3. The van der Waals surface area contributed by atoms with Gasteiger partial charge in [0.15, 0.2) is 0 Å². The summed E-state index contributed by atoms with van der Waals surface area (Å²) in [6.07, 6.45) is 1.02. The van der Waals surface area contributed by atoms with E-state index in [0.29, 0.717) is 19.6 Å². The van der Waals surface area contributed by atoms with E-state index in [-0.39, 0.29) is 17.9 Å². The van der Waals surface area contributed by atoms with Crippen LogP contribution >= 0.6 is 0 Å². The first-order chi connectivity index (χ1) is 7.54. The van der Waals surface area contributed by atoms with Crippen LogP contribution in [-0.4, -0.2) is 41.3 Å². The third-order valence-corrected chi connectivity index (χ3v) is 2.99. The number of carboxylic acid groups (broad SMARTS) is 1. The molecule has 0 aliphatic carbocycles. The molecular formula is C11H19NO4. The van der Waals surface area contributed by atoms with Crippen LogP contribution in [0.5, 0.6) is 0 Å². The monoisotopic (exact) mass is 229 g/mol. The SMILES string of the molecule is CCOC(=O)CC1CCN(C(=O)O)C(C)C1. The van der Waals surface area contributed by atoms with Crippen LogP contribution in [0.15, 0.2) is 0 Å². The molecule has 1 aliphatic heterocycles. The molecule has 0 aromatic heterocycles. The second-order valence-corrected chi connectivity index (χ2v) is 4.22. The molecule has 16 heavy (non-hydrogen) atoms. The van der Waals surface area contributed by atoms with Gasteiger partial charge < -0.3 is 14.7 Å². The summed E-state index contributed by atoms with van der Waals surface area (Å²) in [4.78, 5) is 23.5. The number of likely N-dealkylation sites (tertiary alicyclic amines) is 1. The molecule has 1 aliphatic rings. The molecule has 1 heterocycles. The summed E-state index contributed by atoms with van der Waals surface area (Å²) >= 11 is 0. The van der Waals surface area contributed by atoms with E-state index in [2.05, 4.69) is 0 Å². The number of amides is 1. The Morgan fingerprint density at radius 1 is 1.50 bits per heavy atom. The third kappa shape index (κ3) is 3.40. The second-order valence-electron chi connectivity index (χ2n) is 4.22. The number of nitrogens with zero attached hydrogens (tertiary/aromatic N) is 1. The maximum Gasteiger partial charge on any atom is 0.407 e. The van der Waals surface area contributed by atoms with Crippen molar-refractivity contribution < 1.29 is 19.4 Å². The molecule has 1 amide bonds. The topological polar surface area (TPSA) is 66.8 Å². The number of carbonyl (C=O) groups excluding carboxylic acids is 1. The van der Waals surface area contributed by atoms with Crippen LogP contribution in [0.3, 0.4) is 0 Å². The van der Waals surface area contributed by atoms with Crippen LogP contribution < -0.4 is 0 Å². The maximum atomic E-state index is 11.3. The van der Waals surface area contributed by atoms with Gasteiger partial charge in [0.1, 0.15) is 0 Å². The lowest BCUT2D eigenvalue weighted by molar-refractivity contribution is -0.144. The van der Waals surface area contributed by atoms with Gasteiger partial charge in [-0.05, 0) is 32.6 Å². The summed E-state index contributed by atoms with van der Waals surface area (Å²) in [5, 5.41) is 8.90. The zero-order valence-electron chi connectivity index (χ0n) is 9.81. The van der Waals surface area contributed by atoms with Crippen molar-refractivity contribution in [2.45, 2.75) is 39.2 Å². The van der Waals surface area contributed by atoms with Crippen molar-refractivity contribution in [2.75, 3.05) is 13.2 Å². The lowest BCUT2D eigenvalue weighted by Crippen LogP contribution is -2.44. The molecular weight excluding hydrogens is 210 g/mol. The zero-order chi connectivity index (χ0) is 12.1. The molecule has 0 radical (unpaired) electrons. The molecule has 92 valence electrons. The molecule has 0 spiro atoms. The van der Waals surface area contributed by atoms with Crippen molar-refractivity contribution >= 4 is 12.1 Å². The van der Waals surface area contributed by atoms with Gasteiger partial charge in [0, 0.05) is 19.0 Å². The van der Waals surface area contributed by atoms with E-state index in [1.54, 1.807) is 6.92 Å². The highest BCUT2D eigenvalue weighted by Crippen LogP contribution is 2.25. The molecule has 5 nitrogen and oxygen atoms in total. The van der Waals surface area contributed by atoms with Gasteiger partial charge in [-0.2, -0.15) is 0 Å². The molecule has 0 bridgehead atoms. The first kappa shape index (κ1) is 12.8. The van der Waals surface area contributed by atoms with Crippen molar-refractivity contribution in [3.8, 4) is 0 Å². The summed E-state index contributed by atoms with van der Waals surface area (Å²) in [6.45, 7) is 4.59. The predicted molar refractivity (Wildman–Crippen MR) is 58.2 cm³/mol. The average molecular weight is 229 g/mol. The molecule has 0 aromatic rings. The lowest BCUT2D eigenvalue weighted by Gasteiger charge is -2.35. The molecule has 5 heteroatoms. The Hall–Kier alpha value is -1.26. The van der Waals surface area contributed by atoms with Gasteiger partial charge in [0.2, 0.25) is 0 Å². The summed E-state index contributed by atoms with van der Waals surface area (Å²) in [7, 11) is 0. The smallest absolute Gasteiger partial charge is 0.407 e. The molecule has 1 saturated heterocycles. The minimum absolute atomic E-state index is 0.00863. The largest absolute Gasteiger partial charge is 0.466 e. The molecule has 0 aromatic carbocycles. The van der Waals surface area contributed by atoms with E-state index in [9.17, 15) is 9.59 Å². The van der Waals surface area contributed by atoms with Gasteiger partial charge in [-0.25, -0.2) is 4.79 Å². The summed E-state index contributed by atoms with van der Waals surface area (Å²) in [6, 6.07) is -0.00863. The first-order valence-corrected chi connectivity index (χ1v) is 5.69. The Bertz CT molecular complexity index is 267. The zero-order valence-corrected chi connectivity index (χ0v) is 9.81. The summed E-state index contributed by atoms with van der Waals surface area (Å²) in [5.74, 6) is 0.0770. The van der Waals surface area contributed by atoms with Crippen LogP contribution in [0, 0.1) is 5.92 Å². The Labute approximate surface area is 95.4 Å². The van der Waals surface area contributed by atoms with E-state index < -0.39 is 6.09 Å². The van der Waals surface area contributed by atoms with Gasteiger partial charge in [0.05, 0.1) is 6.61 Å². The minimum atomic E-state index is -0.873. The Morgan fingerprint density at radius 2 is 2.19 bits per heavy atom. The predicted octanol–water partition coefficient (Wildman–Crippen LogP) is 1.72. The number of hydrogen-bond donors (Lipinski definition) is 1. The molecule has 1 N–H and O–H groups in total. The number of carbonyl (C=O) groups is 2. The number of ether oxygens (including phenoxy) is 1. The molecule has 2 unspecified atom stereocenters. The fourth-order valence-corrected chi connectivity index (χ4v) is 2.19. The van der Waals surface area contributed by atoms with E-state index in [1.807, 2.05) is 6.92 Å². The highest BCUT2D eigenvalue weighted by molar-refractivity contribution is 5.70. The Morgan fingerprint density at radius 3 is 2.69 bits per heavy atom. The van der Waals surface area contributed by atoms with Crippen LogP contribution in [0.25, 0.3) is 0 Å². The van der Waals surface area contributed by atoms with Crippen molar-refractivity contribution in [1.29, 1.82) is 0 Å². The van der Waals surface area contributed by atoms with E-state index in [0.717, 1.165) is 12.8 Å². The van der Waals surface area contributed by atoms with E-state index >= 15 is 0 Å². The molecule has 2 atom stereocenters. The Kier molecular flexibility index (Phi) is 4.58. The quantitative estimate of drug-likeness (QED) is 0.748. The van der Waals surface area contributed by atoms with Crippen LogP contribution in [-0.2, 0) is 9.53 Å². The van der Waals surface area contributed by atoms with Gasteiger partial charge >= 0.3 is 12.1 Å². The average Bonchev–Trinajstić information content (AvgIpc) is 2.17. The fraction of sp³-hybridized carbons (Fsp3) is 0.818. The van der Waals surface area contributed by atoms with Crippen molar-refractivity contribution in [3.05, 3.63) is 0 Å². The molecule has 0 saturated carbocycles. The number of hydrogen-bond acceptors (Lipinski definition) is 3. The standard InChI is InChI=1S/C11H19NO4/c1-3-16-10(13)7-9-4-5-12(11(14)15)8(2)6-9/h8-9H,3-7H2,1-2H3,(H,14,15). The highest BCUT2D eigenvalue weighted by Gasteiger charge is 2.29. The van der Waals surface area contributed by atoms with Crippen molar-refractivity contribution in [3.63, 3.8) is 0 Å². The van der Waals surface area contributed by atoms with Crippen LogP contribution in [0.4, 0.5) is 4.79 Å². The van der Waals surface area contributed by atoms with Crippen molar-refractivity contribution in [2.24, 2.45) is 5.92 Å². The lowest BCUT2D eigenvalue weighted by atomic mass is 9.89. The van der Waals surface area contributed by atoms with Crippen molar-refractivity contribution in [1.82, 2.24) is 4.90 Å². The van der Waals surface area contributed by atoms with E-state index in [4.69, 9.17) is 9.84 Å². The van der Waals surface area contributed by atoms with E-state index in [1.165, 1.54) is 4.90 Å². The van der Waals surface area contributed by atoms with Gasteiger partial charge in [-0.1, -0.05) is 0 Å². The van der Waals surface area contributed by atoms with Gasteiger partial charge in [-0.3, -0.25) is 4.79 Å². The minimum Gasteiger partial charge on any atom is -0.466 e. The normalized spacial score (nSPS) is 25.2.